The van der Waals surface area contributed by atoms with Crippen LogP contribution in [-0.2, 0) is 4.79 Å². The highest BCUT2D eigenvalue weighted by Gasteiger charge is 2.17. The minimum atomic E-state index is -0.974. The van der Waals surface area contributed by atoms with Gasteiger partial charge in [0.15, 0.2) is 0 Å². The fourth-order valence-corrected chi connectivity index (χ4v) is 2.27. The summed E-state index contributed by atoms with van der Waals surface area (Å²) in [4.78, 5) is 11.2. The van der Waals surface area contributed by atoms with E-state index in [-0.39, 0.29) is 10.6 Å². The Labute approximate surface area is 109 Å². The van der Waals surface area contributed by atoms with Gasteiger partial charge in [-0.1, -0.05) is 6.92 Å². The molecule has 100 valence electrons. The predicted molar refractivity (Wildman–Crippen MR) is 66.8 cm³/mol. The zero-order valence-corrected chi connectivity index (χ0v) is 10.8. The fourth-order valence-electron chi connectivity index (χ4n) is 1.30. The minimum absolute atomic E-state index is 0.192. The van der Waals surface area contributed by atoms with E-state index in [4.69, 9.17) is 5.11 Å². The van der Waals surface area contributed by atoms with Crippen molar-refractivity contribution in [1.29, 1.82) is 0 Å². The molecule has 0 aliphatic carbocycles. The molecular formula is C12H15F2NO2S. The molecule has 0 aromatic heterocycles. The number of benzene rings is 1. The Morgan fingerprint density at radius 3 is 2.78 bits per heavy atom. The molecule has 0 spiro atoms. The number of hydrogen-bond acceptors (Lipinski definition) is 3. The summed E-state index contributed by atoms with van der Waals surface area (Å²) in [6.07, 6.45) is 0.819. The van der Waals surface area contributed by atoms with E-state index < -0.39 is 23.6 Å². The Morgan fingerprint density at radius 2 is 2.22 bits per heavy atom. The fraction of sp³-hybridized carbons (Fsp3) is 0.417. The van der Waals surface area contributed by atoms with Gasteiger partial charge in [0, 0.05) is 16.7 Å². The van der Waals surface area contributed by atoms with Crippen LogP contribution in [0.5, 0.6) is 0 Å². The van der Waals surface area contributed by atoms with Crippen molar-refractivity contribution in [2.45, 2.75) is 24.3 Å². The molecule has 0 amide bonds. The Hall–Kier alpha value is -1.14. The van der Waals surface area contributed by atoms with Gasteiger partial charge in [-0.2, -0.15) is 0 Å². The quantitative estimate of drug-likeness (QED) is 0.751. The smallest absolute Gasteiger partial charge is 0.321 e. The number of carboxylic acid groups (broad SMARTS) is 1. The van der Waals surface area contributed by atoms with E-state index in [0.29, 0.717) is 6.54 Å². The first kappa shape index (κ1) is 14.9. The van der Waals surface area contributed by atoms with E-state index in [2.05, 4.69) is 5.32 Å². The predicted octanol–water partition coefficient (Wildman–Crippen LogP) is 2.51. The summed E-state index contributed by atoms with van der Waals surface area (Å²) in [5.41, 5.74) is 0. The average Bonchev–Trinajstić information content (AvgIpc) is 2.31. The highest BCUT2D eigenvalue weighted by molar-refractivity contribution is 7.99. The monoisotopic (exact) mass is 275 g/mol. The number of rotatable bonds is 7. The third-order valence-corrected chi connectivity index (χ3v) is 3.38. The molecule has 0 saturated carbocycles. The van der Waals surface area contributed by atoms with Gasteiger partial charge in [0.2, 0.25) is 0 Å². The van der Waals surface area contributed by atoms with Crippen LogP contribution in [0.15, 0.2) is 23.1 Å². The molecule has 0 aliphatic rings. The molecule has 1 aromatic rings. The molecule has 0 bridgehead atoms. The lowest BCUT2D eigenvalue weighted by atomic mass is 10.3. The molecule has 6 heteroatoms. The molecule has 1 atom stereocenters. The standard InChI is InChI=1S/C12H15F2NO2S/c1-2-5-15-10(12(16)17)7-18-11-4-3-8(13)6-9(11)14/h3-4,6,10,15H,2,5,7H2,1H3,(H,16,17). The van der Waals surface area contributed by atoms with Gasteiger partial charge in [0.05, 0.1) is 0 Å². The van der Waals surface area contributed by atoms with Crippen LogP contribution in [-0.4, -0.2) is 29.4 Å². The van der Waals surface area contributed by atoms with Crippen LogP contribution in [0, 0.1) is 11.6 Å². The van der Waals surface area contributed by atoms with Gasteiger partial charge in [-0.05, 0) is 25.1 Å². The van der Waals surface area contributed by atoms with E-state index in [1.165, 1.54) is 6.07 Å². The summed E-state index contributed by atoms with van der Waals surface area (Å²) >= 11 is 1.06. The Kier molecular flexibility index (Phi) is 6.07. The van der Waals surface area contributed by atoms with Crippen LogP contribution >= 0.6 is 11.8 Å². The molecule has 0 radical (unpaired) electrons. The summed E-state index contributed by atoms with van der Waals surface area (Å²) in [5, 5.41) is 11.8. The van der Waals surface area contributed by atoms with Gasteiger partial charge in [-0.3, -0.25) is 4.79 Å². The van der Waals surface area contributed by atoms with Gasteiger partial charge in [0.25, 0.3) is 0 Å². The van der Waals surface area contributed by atoms with E-state index in [1.807, 2.05) is 6.92 Å². The van der Waals surface area contributed by atoms with Gasteiger partial charge in [-0.15, -0.1) is 11.8 Å². The third kappa shape index (κ3) is 4.62. The highest BCUT2D eigenvalue weighted by atomic mass is 32.2. The average molecular weight is 275 g/mol. The van der Waals surface area contributed by atoms with E-state index >= 15 is 0 Å². The summed E-state index contributed by atoms with van der Waals surface area (Å²) in [5.74, 6) is -2.09. The third-order valence-electron chi connectivity index (χ3n) is 2.24. The molecule has 18 heavy (non-hydrogen) atoms. The normalized spacial score (nSPS) is 12.4. The van der Waals surface area contributed by atoms with Gasteiger partial charge in [-0.25, -0.2) is 8.78 Å². The Balaban J connectivity index is 2.58. The lowest BCUT2D eigenvalue weighted by Gasteiger charge is -2.13. The molecule has 0 heterocycles. The molecule has 0 saturated heterocycles. The van der Waals surface area contributed by atoms with Crippen molar-refractivity contribution >= 4 is 17.7 Å². The van der Waals surface area contributed by atoms with Gasteiger partial charge < -0.3 is 10.4 Å². The second-order valence-electron chi connectivity index (χ2n) is 3.73. The van der Waals surface area contributed by atoms with E-state index in [1.54, 1.807) is 0 Å². The van der Waals surface area contributed by atoms with E-state index in [9.17, 15) is 13.6 Å². The van der Waals surface area contributed by atoms with E-state index in [0.717, 1.165) is 30.3 Å². The van der Waals surface area contributed by atoms with Crippen molar-refractivity contribution in [3.05, 3.63) is 29.8 Å². The van der Waals surface area contributed by atoms with Crippen molar-refractivity contribution in [2.24, 2.45) is 0 Å². The topological polar surface area (TPSA) is 49.3 Å². The van der Waals surface area contributed by atoms with Crippen molar-refractivity contribution < 1.29 is 18.7 Å². The molecular weight excluding hydrogens is 260 g/mol. The Bertz CT molecular complexity index is 415. The first-order valence-corrected chi connectivity index (χ1v) is 6.57. The largest absolute Gasteiger partial charge is 0.480 e. The summed E-state index contributed by atoms with van der Waals surface area (Å²) in [6.45, 7) is 2.52. The van der Waals surface area contributed by atoms with Crippen LogP contribution in [0.1, 0.15) is 13.3 Å². The van der Waals surface area contributed by atoms with Crippen molar-refractivity contribution in [1.82, 2.24) is 5.32 Å². The molecule has 1 rings (SSSR count). The lowest BCUT2D eigenvalue weighted by Crippen LogP contribution is -2.39. The number of aliphatic carboxylic acids is 1. The van der Waals surface area contributed by atoms with Crippen LogP contribution < -0.4 is 5.32 Å². The first-order chi connectivity index (χ1) is 8.54. The second kappa shape index (κ2) is 7.33. The zero-order valence-electron chi connectivity index (χ0n) is 9.95. The molecule has 2 N–H and O–H groups in total. The van der Waals surface area contributed by atoms with Crippen LogP contribution in [0.3, 0.4) is 0 Å². The highest BCUT2D eigenvalue weighted by Crippen LogP contribution is 2.23. The number of nitrogens with one attached hydrogen (secondary N) is 1. The van der Waals surface area contributed by atoms with Gasteiger partial charge >= 0.3 is 5.97 Å². The molecule has 0 fully saturated rings. The van der Waals surface area contributed by atoms with Crippen molar-refractivity contribution in [3.63, 3.8) is 0 Å². The SMILES string of the molecule is CCCNC(CSc1ccc(F)cc1F)C(=O)O. The summed E-state index contributed by atoms with van der Waals surface area (Å²) < 4.78 is 26.0. The molecule has 0 aliphatic heterocycles. The van der Waals surface area contributed by atoms with Crippen molar-refractivity contribution in [3.8, 4) is 0 Å². The summed E-state index contributed by atoms with van der Waals surface area (Å²) in [7, 11) is 0. The van der Waals surface area contributed by atoms with Crippen molar-refractivity contribution in [2.75, 3.05) is 12.3 Å². The molecule has 1 unspecified atom stereocenters. The zero-order chi connectivity index (χ0) is 13.5. The number of thioether (sulfide) groups is 1. The van der Waals surface area contributed by atoms with Crippen LogP contribution in [0.25, 0.3) is 0 Å². The number of hydrogen-bond donors (Lipinski definition) is 2. The summed E-state index contributed by atoms with van der Waals surface area (Å²) in [6, 6.07) is 2.52. The van der Waals surface area contributed by atoms with Gasteiger partial charge in [0.1, 0.15) is 17.7 Å². The molecule has 3 nitrogen and oxygen atoms in total. The number of carboxylic acids is 1. The maximum absolute atomic E-state index is 13.3. The van der Waals surface area contributed by atoms with Crippen LogP contribution in [0.2, 0.25) is 0 Å². The van der Waals surface area contributed by atoms with Crippen LogP contribution in [0.4, 0.5) is 8.78 Å². The number of carbonyl (C=O) groups is 1. The number of halogens is 2. The first-order valence-electron chi connectivity index (χ1n) is 5.58. The Morgan fingerprint density at radius 1 is 1.50 bits per heavy atom. The minimum Gasteiger partial charge on any atom is -0.480 e. The maximum Gasteiger partial charge on any atom is 0.321 e. The molecule has 1 aromatic carbocycles. The lowest BCUT2D eigenvalue weighted by molar-refractivity contribution is -0.138. The second-order valence-corrected chi connectivity index (χ2v) is 4.79. The maximum atomic E-state index is 13.3.